The predicted octanol–water partition coefficient (Wildman–Crippen LogP) is 3.85. The molecule has 1 heterocycles. The Hall–Kier alpha value is -1.19. The SMILES string of the molecule is N#Cc1cc(SCC2CCCO2)ccc1C(F)(F)F. The first-order chi connectivity index (χ1) is 9.00. The minimum atomic E-state index is -4.48. The Balaban J connectivity index is 2.08. The van der Waals surface area contributed by atoms with Gasteiger partial charge in [0.1, 0.15) is 0 Å². The molecule has 0 spiro atoms. The summed E-state index contributed by atoms with van der Waals surface area (Å²) in [4.78, 5) is 0.667. The van der Waals surface area contributed by atoms with E-state index in [0.29, 0.717) is 10.6 Å². The summed E-state index contributed by atoms with van der Waals surface area (Å²) in [6, 6.07) is 5.27. The highest BCUT2D eigenvalue weighted by molar-refractivity contribution is 7.99. The molecule has 19 heavy (non-hydrogen) atoms. The molecule has 1 saturated heterocycles. The lowest BCUT2D eigenvalue weighted by Gasteiger charge is -2.11. The first-order valence-corrected chi connectivity index (χ1v) is 6.85. The Morgan fingerprint density at radius 1 is 1.42 bits per heavy atom. The smallest absolute Gasteiger partial charge is 0.377 e. The van der Waals surface area contributed by atoms with Gasteiger partial charge in [-0.05, 0) is 31.0 Å². The van der Waals surface area contributed by atoms with Crippen LogP contribution in [-0.4, -0.2) is 18.5 Å². The first kappa shape index (κ1) is 14.2. The van der Waals surface area contributed by atoms with Gasteiger partial charge in [0, 0.05) is 17.3 Å². The molecule has 0 aliphatic carbocycles. The highest BCUT2D eigenvalue weighted by atomic mass is 32.2. The van der Waals surface area contributed by atoms with E-state index in [1.54, 1.807) is 6.07 Å². The van der Waals surface area contributed by atoms with Crippen LogP contribution >= 0.6 is 11.8 Å². The fourth-order valence-electron chi connectivity index (χ4n) is 1.92. The molecular weight excluding hydrogens is 275 g/mol. The summed E-state index contributed by atoms with van der Waals surface area (Å²) >= 11 is 1.42. The molecule has 1 unspecified atom stereocenters. The summed E-state index contributed by atoms with van der Waals surface area (Å²) < 4.78 is 43.3. The lowest BCUT2D eigenvalue weighted by molar-refractivity contribution is -0.137. The molecule has 2 nitrogen and oxygen atoms in total. The molecule has 1 fully saturated rings. The average Bonchev–Trinajstić information content (AvgIpc) is 2.88. The van der Waals surface area contributed by atoms with Gasteiger partial charge in [-0.1, -0.05) is 0 Å². The molecule has 1 aliphatic rings. The maximum absolute atomic E-state index is 12.6. The van der Waals surface area contributed by atoms with Gasteiger partial charge < -0.3 is 4.74 Å². The Morgan fingerprint density at radius 2 is 2.21 bits per heavy atom. The second-order valence-electron chi connectivity index (χ2n) is 4.26. The molecule has 1 aromatic rings. The normalized spacial score (nSPS) is 19.4. The van der Waals surface area contributed by atoms with E-state index in [0.717, 1.165) is 25.5 Å². The van der Waals surface area contributed by atoms with E-state index in [1.807, 2.05) is 0 Å². The number of rotatable bonds is 3. The van der Waals surface area contributed by atoms with Crippen LogP contribution in [0.5, 0.6) is 0 Å². The summed E-state index contributed by atoms with van der Waals surface area (Å²) in [7, 11) is 0. The van der Waals surface area contributed by atoms with E-state index in [9.17, 15) is 13.2 Å². The number of halogens is 3. The largest absolute Gasteiger partial charge is 0.417 e. The molecule has 2 rings (SSSR count). The number of benzene rings is 1. The molecule has 0 radical (unpaired) electrons. The van der Waals surface area contributed by atoms with Crippen LogP contribution in [0.4, 0.5) is 13.2 Å². The van der Waals surface area contributed by atoms with E-state index in [2.05, 4.69) is 0 Å². The van der Waals surface area contributed by atoms with Gasteiger partial charge in [0.2, 0.25) is 0 Å². The van der Waals surface area contributed by atoms with E-state index >= 15 is 0 Å². The van der Waals surface area contributed by atoms with Crippen molar-refractivity contribution in [3.8, 4) is 6.07 Å². The third kappa shape index (κ3) is 3.64. The minimum Gasteiger partial charge on any atom is -0.377 e. The van der Waals surface area contributed by atoms with Crippen LogP contribution in [0.2, 0.25) is 0 Å². The van der Waals surface area contributed by atoms with Crippen molar-refractivity contribution >= 4 is 11.8 Å². The highest BCUT2D eigenvalue weighted by Crippen LogP contribution is 2.34. The molecule has 0 N–H and O–H groups in total. The summed E-state index contributed by atoms with van der Waals surface area (Å²) in [6.45, 7) is 0.752. The summed E-state index contributed by atoms with van der Waals surface area (Å²) in [5.41, 5.74) is -1.21. The standard InChI is InChI=1S/C13H12F3NOS/c14-13(15,16)12-4-3-11(6-9(12)7-17)19-8-10-2-1-5-18-10/h3-4,6,10H,1-2,5,8H2. The zero-order valence-corrected chi connectivity index (χ0v) is 10.9. The van der Waals surface area contributed by atoms with E-state index < -0.39 is 11.7 Å². The Kier molecular flexibility index (Phi) is 4.38. The summed E-state index contributed by atoms with van der Waals surface area (Å²) in [6.07, 6.45) is -2.30. The Morgan fingerprint density at radius 3 is 2.79 bits per heavy atom. The number of nitrogens with zero attached hydrogens (tertiary/aromatic N) is 1. The number of nitriles is 1. The van der Waals surface area contributed by atoms with Crippen LogP contribution in [0.25, 0.3) is 0 Å². The van der Waals surface area contributed by atoms with Gasteiger partial charge in [0.25, 0.3) is 0 Å². The average molecular weight is 287 g/mol. The van der Waals surface area contributed by atoms with Gasteiger partial charge in [-0.2, -0.15) is 18.4 Å². The second-order valence-corrected chi connectivity index (χ2v) is 5.36. The van der Waals surface area contributed by atoms with E-state index in [-0.39, 0.29) is 11.7 Å². The molecular formula is C13H12F3NOS. The molecule has 0 aromatic heterocycles. The minimum absolute atomic E-state index is 0.165. The monoisotopic (exact) mass is 287 g/mol. The maximum atomic E-state index is 12.6. The van der Waals surface area contributed by atoms with Crippen molar-refractivity contribution in [3.63, 3.8) is 0 Å². The molecule has 1 aromatic carbocycles. The Labute approximate surface area is 113 Å². The Bertz CT molecular complexity index is 490. The predicted molar refractivity (Wildman–Crippen MR) is 65.9 cm³/mol. The van der Waals surface area contributed by atoms with Gasteiger partial charge >= 0.3 is 6.18 Å². The fraction of sp³-hybridized carbons (Fsp3) is 0.462. The number of alkyl halides is 3. The molecule has 102 valence electrons. The zero-order valence-electron chi connectivity index (χ0n) is 10.0. The molecule has 0 saturated carbocycles. The van der Waals surface area contributed by atoms with Crippen molar-refractivity contribution < 1.29 is 17.9 Å². The molecule has 0 amide bonds. The van der Waals surface area contributed by atoms with Crippen LogP contribution in [0, 0.1) is 11.3 Å². The van der Waals surface area contributed by atoms with E-state index in [4.69, 9.17) is 10.00 Å². The van der Waals surface area contributed by atoms with Gasteiger partial charge in [0.05, 0.1) is 23.3 Å². The van der Waals surface area contributed by atoms with Crippen LogP contribution < -0.4 is 0 Å². The second kappa shape index (κ2) is 5.85. The van der Waals surface area contributed by atoms with Gasteiger partial charge in [0.15, 0.2) is 0 Å². The number of ether oxygens (including phenoxy) is 1. The van der Waals surface area contributed by atoms with Crippen LogP contribution in [0.1, 0.15) is 24.0 Å². The molecule has 0 bridgehead atoms. The quantitative estimate of drug-likeness (QED) is 0.792. The van der Waals surface area contributed by atoms with Gasteiger partial charge in [-0.3, -0.25) is 0 Å². The van der Waals surface area contributed by atoms with E-state index in [1.165, 1.54) is 23.9 Å². The van der Waals surface area contributed by atoms with Crippen LogP contribution in [-0.2, 0) is 10.9 Å². The van der Waals surface area contributed by atoms with Gasteiger partial charge in [-0.15, -0.1) is 11.8 Å². The number of hydrogen-bond donors (Lipinski definition) is 0. The third-order valence-electron chi connectivity index (χ3n) is 2.88. The van der Waals surface area contributed by atoms with Crippen molar-refractivity contribution in [2.75, 3.05) is 12.4 Å². The lowest BCUT2D eigenvalue weighted by Crippen LogP contribution is -2.09. The molecule has 1 atom stereocenters. The summed E-state index contributed by atoms with van der Waals surface area (Å²) in [5, 5.41) is 8.80. The van der Waals surface area contributed by atoms with Crippen LogP contribution in [0.3, 0.4) is 0 Å². The maximum Gasteiger partial charge on any atom is 0.417 e. The number of thioether (sulfide) groups is 1. The number of hydrogen-bond acceptors (Lipinski definition) is 3. The van der Waals surface area contributed by atoms with Crippen molar-refractivity contribution in [3.05, 3.63) is 29.3 Å². The topological polar surface area (TPSA) is 33.0 Å². The first-order valence-electron chi connectivity index (χ1n) is 5.86. The van der Waals surface area contributed by atoms with Gasteiger partial charge in [-0.25, -0.2) is 0 Å². The fourth-order valence-corrected chi connectivity index (χ4v) is 2.92. The van der Waals surface area contributed by atoms with Crippen molar-refractivity contribution in [1.82, 2.24) is 0 Å². The van der Waals surface area contributed by atoms with Crippen molar-refractivity contribution in [2.24, 2.45) is 0 Å². The van der Waals surface area contributed by atoms with Crippen molar-refractivity contribution in [1.29, 1.82) is 5.26 Å². The molecule has 1 aliphatic heterocycles. The third-order valence-corrected chi connectivity index (χ3v) is 4.00. The van der Waals surface area contributed by atoms with Crippen molar-refractivity contribution in [2.45, 2.75) is 30.0 Å². The highest BCUT2D eigenvalue weighted by Gasteiger charge is 2.33. The lowest BCUT2D eigenvalue weighted by atomic mass is 10.1. The van der Waals surface area contributed by atoms with Crippen LogP contribution in [0.15, 0.2) is 23.1 Å². The zero-order chi connectivity index (χ0) is 13.9. The molecule has 6 heteroatoms. The summed E-state index contributed by atoms with van der Waals surface area (Å²) in [5.74, 6) is 0.705.